The molecule has 0 bridgehead atoms. The maximum Gasteiger partial charge on any atom is 0.224 e. The van der Waals surface area contributed by atoms with E-state index in [1.165, 1.54) is 0 Å². The van der Waals surface area contributed by atoms with Crippen LogP contribution in [-0.4, -0.2) is 15.9 Å². The van der Waals surface area contributed by atoms with Crippen molar-refractivity contribution in [2.24, 2.45) is 0 Å². The molecule has 3 rings (SSSR count). The molecule has 0 spiro atoms. The van der Waals surface area contributed by atoms with E-state index in [9.17, 15) is 4.79 Å². The van der Waals surface area contributed by atoms with Crippen molar-refractivity contribution in [2.45, 2.75) is 19.9 Å². The highest BCUT2D eigenvalue weighted by atomic mass is 16.3. The third kappa shape index (κ3) is 2.71. The first-order valence-electron chi connectivity index (χ1n) is 6.45. The summed E-state index contributed by atoms with van der Waals surface area (Å²) in [6.45, 7) is 2.33. The maximum absolute atomic E-state index is 11.9. The highest BCUT2D eigenvalue weighted by Gasteiger charge is 2.06. The average molecular weight is 269 g/mol. The number of carbonyl (C=O) groups is 1. The van der Waals surface area contributed by atoms with Gasteiger partial charge in [-0.15, -0.1) is 0 Å². The molecule has 2 N–H and O–H groups in total. The van der Waals surface area contributed by atoms with Gasteiger partial charge < -0.3 is 14.7 Å². The topological polar surface area (TPSA) is 70.9 Å². The number of hydrogen-bond acceptors (Lipinski definition) is 3. The molecule has 5 nitrogen and oxygen atoms in total. The monoisotopic (exact) mass is 269 g/mol. The maximum atomic E-state index is 11.9. The number of benzene rings is 1. The molecule has 0 aliphatic rings. The number of aromatic amines is 1. The number of amides is 1. The molecule has 0 saturated carbocycles. The standard InChI is InChI=1S/C15H15N3O2/c1-10-17-13-5-4-11(7-14(13)18-10)8-15(19)16-9-12-3-2-6-20-12/h2-7H,8-9H2,1H3,(H,16,19)(H,17,18). The van der Waals surface area contributed by atoms with E-state index in [-0.39, 0.29) is 5.91 Å². The lowest BCUT2D eigenvalue weighted by Crippen LogP contribution is -2.24. The van der Waals surface area contributed by atoms with E-state index in [1.807, 2.05) is 31.2 Å². The van der Waals surface area contributed by atoms with E-state index in [1.54, 1.807) is 12.3 Å². The molecular formula is C15H15N3O2. The molecule has 0 fully saturated rings. The Morgan fingerprint density at radius 2 is 2.30 bits per heavy atom. The number of hydrogen-bond donors (Lipinski definition) is 2. The van der Waals surface area contributed by atoms with Crippen LogP contribution in [-0.2, 0) is 17.8 Å². The van der Waals surface area contributed by atoms with Crippen LogP contribution in [0.3, 0.4) is 0 Å². The van der Waals surface area contributed by atoms with E-state index in [0.717, 1.165) is 28.2 Å². The molecule has 102 valence electrons. The van der Waals surface area contributed by atoms with Gasteiger partial charge in [0.05, 0.1) is 30.3 Å². The lowest BCUT2D eigenvalue weighted by Gasteiger charge is -2.03. The van der Waals surface area contributed by atoms with Crippen LogP contribution in [0, 0.1) is 6.92 Å². The van der Waals surface area contributed by atoms with Crippen LogP contribution in [0.4, 0.5) is 0 Å². The molecule has 2 heterocycles. The van der Waals surface area contributed by atoms with Crippen molar-refractivity contribution in [2.75, 3.05) is 0 Å². The molecule has 1 aromatic carbocycles. The summed E-state index contributed by atoms with van der Waals surface area (Å²) in [7, 11) is 0. The number of H-pyrrole nitrogens is 1. The zero-order valence-corrected chi connectivity index (χ0v) is 11.1. The smallest absolute Gasteiger partial charge is 0.224 e. The summed E-state index contributed by atoms with van der Waals surface area (Å²) in [4.78, 5) is 19.4. The van der Waals surface area contributed by atoms with Crippen molar-refractivity contribution < 1.29 is 9.21 Å². The molecular weight excluding hydrogens is 254 g/mol. The number of nitrogens with one attached hydrogen (secondary N) is 2. The normalized spacial score (nSPS) is 10.8. The lowest BCUT2D eigenvalue weighted by atomic mass is 10.1. The van der Waals surface area contributed by atoms with Crippen molar-refractivity contribution in [3.8, 4) is 0 Å². The fraction of sp³-hybridized carbons (Fsp3) is 0.200. The second-order valence-corrected chi connectivity index (χ2v) is 4.71. The number of aryl methyl sites for hydroxylation is 1. The Balaban J connectivity index is 1.64. The van der Waals surface area contributed by atoms with Crippen molar-refractivity contribution in [3.05, 3.63) is 53.7 Å². The predicted molar refractivity (Wildman–Crippen MR) is 75.1 cm³/mol. The Labute approximate surface area is 116 Å². The number of rotatable bonds is 4. The number of aromatic nitrogens is 2. The Morgan fingerprint density at radius 3 is 3.10 bits per heavy atom. The quantitative estimate of drug-likeness (QED) is 0.763. The molecule has 0 atom stereocenters. The first kappa shape index (κ1) is 12.5. The zero-order valence-electron chi connectivity index (χ0n) is 11.1. The fourth-order valence-corrected chi connectivity index (χ4v) is 2.14. The van der Waals surface area contributed by atoms with Gasteiger partial charge in [-0.05, 0) is 36.8 Å². The molecule has 20 heavy (non-hydrogen) atoms. The van der Waals surface area contributed by atoms with Crippen LogP contribution < -0.4 is 5.32 Å². The minimum atomic E-state index is -0.0306. The SMILES string of the molecule is Cc1nc2ccc(CC(=O)NCc3ccco3)cc2[nH]1. The Hall–Kier alpha value is -2.56. The number of carbonyl (C=O) groups excluding carboxylic acids is 1. The second-order valence-electron chi connectivity index (χ2n) is 4.71. The summed E-state index contributed by atoms with van der Waals surface area (Å²) in [5.74, 6) is 1.59. The van der Waals surface area contributed by atoms with Crippen LogP contribution in [0.1, 0.15) is 17.1 Å². The molecule has 0 aliphatic heterocycles. The largest absolute Gasteiger partial charge is 0.467 e. The molecule has 0 aliphatic carbocycles. The summed E-state index contributed by atoms with van der Waals surface area (Å²) in [6, 6.07) is 9.45. The molecule has 5 heteroatoms. The van der Waals surface area contributed by atoms with Gasteiger partial charge in [-0.3, -0.25) is 4.79 Å². The third-order valence-electron chi connectivity index (χ3n) is 3.07. The van der Waals surface area contributed by atoms with Gasteiger partial charge in [-0.2, -0.15) is 0 Å². The van der Waals surface area contributed by atoms with Crippen LogP contribution in [0.2, 0.25) is 0 Å². The van der Waals surface area contributed by atoms with Gasteiger partial charge in [0.25, 0.3) is 0 Å². The van der Waals surface area contributed by atoms with E-state index in [0.29, 0.717) is 13.0 Å². The van der Waals surface area contributed by atoms with Gasteiger partial charge in [0.15, 0.2) is 0 Å². The first-order valence-corrected chi connectivity index (χ1v) is 6.45. The van der Waals surface area contributed by atoms with Gasteiger partial charge in [-0.25, -0.2) is 4.98 Å². The van der Waals surface area contributed by atoms with Gasteiger partial charge >= 0.3 is 0 Å². The Kier molecular flexibility index (Phi) is 3.25. The van der Waals surface area contributed by atoms with E-state index in [2.05, 4.69) is 15.3 Å². The van der Waals surface area contributed by atoms with E-state index < -0.39 is 0 Å². The molecule has 0 saturated heterocycles. The highest BCUT2D eigenvalue weighted by molar-refractivity contribution is 5.81. The van der Waals surface area contributed by atoms with Crippen molar-refractivity contribution in [1.29, 1.82) is 0 Å². The second kappa shape index (κ2) is 5.21. The first-order chi connectivity index (χ1) is 9.70. The van der Waals surface area contributed by atoms with Crippen LogP contribution in [0.15, 0.2) is 41.0 Å². The predicted octanol–water partition coefficient (Wildman–Crippen LogP) is 2.32. The Morgan fingerprint density at radius 1 is 1.40 bits per heavy atom. The Bertz CT molecular complexity index is 729. The fourth-order valence-electron chi connectivity index (χ4n) is 2.14. The highest BCUT2D eigenvalue weighted by Crippen LogP contribution is 2.14. The number of nitrogens with zero attached hydrogens (tertiary/aromatic N) is 1. The van der Waals surface area contributed by atoms with Gasteiger partial charge in [0, 0.05) is 0 Å². The summed E-state index contributed by atoms with van der Waals surface area (Å²) >= 11 is 0. The number of fused-ring (bicyclic) bond motifs is 1. The lowest BCUT2D eigenvalue weighted by molar-refractivity contribution is -0.120. The number of furan rings is 1. The minimum absolute atomic E-state index is 0.0306. The summed E-state index contributed by atoms with van der Waals surface area (Å²) < 4.78 is 5.17. The van der Waals surface area contributed by atoms with Gasteiger partial charge in [0.1, 0.15) is 11.6 Å². The summed E-state index contributed by atoms with van der Waals surface area (Å²) in [6.07, 6.45) is 1.94. The van der Waals surface area contributed by atoms with Crippen LogP contribution >= 0.6 is 0 Å². The minimum Gasteiger partial charge on any atom is -0.467 e. The van der Waals surface area contributed by atoms with Crippen LogP contribution in [0.25, 0.3) is 11.0 Å². The van der Waals surface area contributed by atoms with Crippen molar-refractivity contribution in [1.82, 2.24) is 15.3 Å². The third-order valence-corrected chi connectivity index (χ3v) is 3.07. The zero-order chi connectivity index (χ0) is 13.9. The summed E-state index contributed by atoms with van der Waals surface area (Å²) in [5.41, 5.74) is 2.83. The molecule has 2 aromatic heterocycles. The number of imidazole rings is 1. The molecule has 1 amide bonds. The van der Waals surface area contributed by atoms with Crippen molar-refractivity contribution >= 4 is 16.9 Å². The molecule has 0 radical (unpaired) electrons. The van der Waals surface area contributed by atoms with E-state index >= 15 is 0 Å². The van der Waals surface area contributed by atoms with Crippen molar-refractivity contribution in [3.63, 3.8) is 0 Å². The van der Waals surface area contributed by atoms with Crippen LogP contribution in [0.5, 0.6) is 0 Å². The molecule has 0 unspecified atom stereocenters. The van der Waals surface area contributed by atoms with Gasteiger partial charge in [-0.1, -0.05) is 6.07 Å². The van der Waals surface area contributed by atoms with E-state index in [4.69, 9.17) is 4.42 Å². The average Bonchev–Trinajstić information content (AvgIpc) is 3.04. The summed E-state index contributed by atoms with van der Waals surface area (Å²) in [5, 5.41) is 2.83. The van der Waals surface area contributed by atoms with Gasteiger partial charge in [0.2, 0.25) is 5.91 Å². The molecule has 3 aromatic rings.